The zero-order valence-corrected chi connectivity index (χ0v) is 11.6. The standard InChI is InChI=1S/C14H7F5N4O/c15-4-3-5(16)14(22-13(4)21)23-2-1-6(24)7-11(20)9(18)8(17)10(19)12(7)23/h1-3H,20H2,(H2,21,22). The van der Waals surface area contributed by atoms with Gasteiger partial charge in [0.15, 0.2) is 46.2 Å². The van der Waals surface area contributed by atoms with E-state index in [1.807, 2.05) is 0 Å². The minimum absolute atomic E-state index is 0.378. The average Bonchev–Trinajstić information content (AvgIpc) is 2.54. The molecule has 124 valence electrons. The SMILES string of the molecule is Nc1nc(-n2ccc(=O)c3c(N)c(F)c(F)c(F)c32)c(F)cc1F. The molecule has 5 nitrogen and oxygen atoms in total. The van der Waals surface area contributed by atoms with Crippen molar-refractivity contribution in [1.29, 1.82) is 0 Å². The monoisotopic (exact) mass is 342 g/mol. The van der Waals surface area contributed by atoms with Gasteiger partial charge in [-0.05, 0) is 0 Å². The Bertz CT molecular complexity index is 1060. The fourth-order valence-electron chi connectivity index (χ4n) is 2.26. The third-order valence-electron chi connectivity index (χ3n) is 3.36. The number of hydrogen-bond acceptors (Lipinski definition) is 4. The second-order valence-corrected chi connectivity index (χ2v) is 4.79. The number of fused-ring (bicyclic) bond motifs is 1. The number of nitrogens with two attached hydrogens (primary N) is 2. The highest BCUT2D eigenvalue weighted by Gasteiger charge is 2.24. The molecule has 0 radical (unpaired) electrons. The number of nitrogens with zero attached hydrogens (tertiary/aromatic N) is 2. The molecule has 0 unspecified atom stereocenters. The molecule has 0 saturated heterocycles. The number of nitrogen functional groups attached to an aromatic ring is 2. The van der Waals surface area contributed by atoms with Crippen molar-refractivity contribution < 1.29 is 22.0 Å². The molecule has 10 heteroatoms. The van der Waals surface area contributed by atoms with Crippen molar-refractivity contribution in [3.8, 4) is 5.82 Å². The summed E-state index contributed by atoms with van der Waals surface area (Å²) in [6.07, 6.45) is 0.854. The van der Waals surface area contributed by atoms with E-state index in [4.69, 9.17) is 11.5 Å². The van der Waals surface area contributed by atoms with Crippen molar-refractivity contribution in [3.05, 3.63) is 57.6 Å². The number of hydrogen-bond donors (Lipinski definition) is 2. The highest BCUT2D eigenvalue weighted by molar-refractivity contribution is 5.92. The number of anilines is 2. The van der Waals surface area contributed by atoms with Crippen molar-refractivity contribution in [2.75, 3.05) is 11.5 Å². The lowest BCUT2D eigenvalue weighted by Gasteiger charge is -2.14. The summed E-state index contributed by atoms with van der Waals surface area (Å²) in [5.41, 5.74) is 7.86. The number of rotatable bonds is 1. The van der Waals surface area contributed by atoms with Gasteiger partial charge in [0.2, 0.25) is 0 Å². The number of halogens is 5. The molecule has 0 atom stereocenters. The third-order valence-corrected chi connectivity index (χ3v) is 3.36. The second-order valence-electron chi connectivity index (χ2n) is 4.79. The topological polar surface area (TPSA) is 86.9 Å². The van der Waals surface area contributed by atoms with Crippen molar-refractivity contribution in [2.24, 2.45) is 0 Å². The molecule has 3 rings (SSSR count). The Morgan fingerprint density at radius 3 is 2.29 bits per heavy atom. The highest BCUT2D eigenvalue weighted by atomic mass is 19.2. The zero-order valence-electron chi connectivity index (χ0n) is 11.6. The summed E-state index contributed by atoms with van der Waals surface area (Å²) in [6, 6.07) is 1.19. The Morgan fingerprint density at radius 1 is 0.958 bits per heavy atom. The van der Waals surface area contributed by atoms with Gasteiger partial charge in [-0.15, -0.1) is 0 Å². The molecular formula is C14H7F5N4O. The zero-order chi connectivity index (χ0) is 17.8. The smallest absolute Gasteiger partial charge is 0.198 e. The van der Waals surface area contributed by atoms with Crippen LogP contribution in [-0.4, -0.2) is 9.55 Å². The molecule has 0 aliphatic heterocycles. The van der Waals surface area contributed by atoms with E-state index in [2.05, 4.69) is 4.98 Å². The molecule has 3 aromatic rings. The van der Waals surface area contributed by atoms with Crippen LogP contribution in [0.15, 0.2) is 23.1 Å². The summed E-state index contributed by atoms with van der Waals surface area (Å²) < 4.78 is 69.2. The fraction of sp³-hybridized carbons (Fsp3) is 0. The van der Waals surface area contributed by atoms with Crippen LogP contribution in [0.4, 0.5) is 33.5 Å². The second kappa shape index (κ2) is 5.18. The Morgan fingerprint density at radius 2 is 1.62 bits per heavy atom. The van der Waals surface area contributed by atoms with E-state index >= 15 is 0 Å². The first kappa shape index (κ1) is 15.7. The third kappa shape index (κ3) is 2.07. The van der Waals surface area contributed by atoms with Gasteiger partial charge in [-0.1, -0.05) is 0 Å². The van der Waals surface area contributed by atoms with Gasteiger partial charge >= 0.3 is 0 Å². The quantitative estimate of drug-likeness (QED) is 0.403. The van der Waals surface area contributed by atoms with E-state index in [0.717, 1.165) is 12.3 Å². The van der Waals surface area contributed by atoms with Crippen molar-refractivity contribution in [3.63, 3.8) is 0 Å². The lowest BCUT2D eigenvalue weighted by molar-refractivity contribution is 0.453. The minimum atomic E-state index is -1.95. The maximum atomic E-state index is 14.2. The Kier molecular flexibility index (Phi) is 3.39. The van der Waals surface area contributed by atoms with Gasteiger partial charge in [-0.2, -0.15) is 0 Å². The van der Waals surface area contributed by atoms with Crippen LogP contribution in [0.25, 0.3) is 16.7 Å². The molecule has 0 aliphatic carbocycles. The van der Waals surface area contributed by atoms with Gasteiger partial charge in [-0.25, -0.2) is 26.9 Å². The lowest BCUT2D eigenvalue weighted by Crippen LogP contribution is -2.15. The molecule has 4 N–H and O–H groups in total. The van der Waals surface area contributed by atoms with Crippen LogP contribution in [0.5, 0.6) is 0 Å². The van der Waals surface area contributed by atoms with Crippen LogP contribution in [0.3, 0.4) is 0 Å². The fourth-order valence-corrected chi connectivity index (χ4v) is 2.26. The van der Waals surface area contributed by atoms with Crippen molar-refractivity contribution in [1.82, 2.24) is 9.55 Å². The van der Waals surface area contributed by atoms with E-state index < -0.39 is 62.7 Å². The molecule has 0 fully saturated rings. The summed E-state index contributed by atoms with van der Waals surface area (Å²) in [5.74, 6) is -9.35. The summed E-state index contributed by atoms with van der Waals surface area (Å²) in [6.45, 7) is 0. The number of pyridine rings is 2. The largest absolute Gasteiger partial charge is 0.396 e. The average molecular weight is 342 g/mol. The first-order valence-electron chi connectivity index (χ1n) is 6.33. The van der Waals surface area contributed by atoms with E-state index in [-0.39, 0.29) is 0 Å². The first-order chi connectivity index (χ1) is 11.2. The van der Waals surface area contributed by atoms with Crippen LogP contribution in [-0.2, 0) is 0 Å². The maximum absolute atomic E-state index is 14.2. The molecule has 0 spiro atoms. The summed E-state index contributed by atoms with van der Waals surface area (Å²) in [7, 11) is 0. The maximum Gasteiger partial charge on any atom is 0.198 e. The van der Waals surface area contributed by atoms with Crippen molar-refractivity contribution in [2.45, 2.75) is 0 Å². The highest BCUT2D eigenvalue weighted by Crippen LogP contribution is 2.29. The summed E-state index contributed by atoms with van der Waals surface area (Å²) >= 11 is 0. The summed E-state index contributed by atoms with van der Waals surface area (Å²) in [5, 5.41) is -0.710. The molecule has 0 aliphatic rings. The predicted molar refractivity (Wildman–Crippen MR) is 76.0 cm³/mol. The molecular weight excluding hydrogens is 335 g/mol. The Labute approximate surface area is 129 Å². The van der Waals surface area contributed by atoms with Gasteiger partial charge < -0.3 is 11.5 Å². The van der Waals surface area contributed by atoms with E-state index in [1.165, 1.54) is 0 Å². The van der Waals surface area contributed by atoms with Crippen LogP contribution in [0.2, 0.25) is 0 Å². The molecule has 0 bridgehead atoms. The van der Waals surface area contributed by atoms with Crippen LogP contribution < -0.4 is 16.9 Å². The van der Waals surface area contributed by atoms with Gasteiger partial charge in [0, 0.05) is 18.3 Å². The van der Waals surface area contributed by atoms with Crippen LogP contribution >= 0.6 is 0 Å². The minimum Gasteiger partial charge on any atom is -0.396 e. The van der Waals surface area contributed by atoms with Crippen LogP contribution in [0, 0.1) is 29.1 Å². The van der Waals surface area contributed by atoms with Gasteiger partial charge in [0.25, 0.3) is 0 Å². The normalized spacial score (nSPS) is 11.2. The van der Waals surface area contributed by atoms with Gasteiger partial charge in [0.05, 0.1) is 16.6 Å². The van der Waals surface area contributed by atoms with Gasteiger partial charge in [-0.3, -0.25) is 9.36 Å². The first-order valence-corrected chi connectivity index (χ1v) is 6.33. The molecule has 0 saturated carbocycles. The van der Waals surface area contributed by atoms with Crippen molar-refractivity contribution >= 4 is 22.4 Å². The van der Waals surface area contributed by atoms with E-state index in [0.29, 0.717) is 10.6 Å². The number of aromatic nitrogens is 2. The predicted octanol–water partition coefficient (Wildman–Crippen LogP) is 2.25. The molecule has 2 aromatic heterocycles. The molecule has 2 heterocycles. The van der Waals surface area contributed by atoms with Crippen LogP contribution in [0.1, 0.15) is 0 Å². The molecule has 0 amide bonds. The lowest BCUT2D eigenvalue weighted by atomic mass is 10.1. The van der Waals surface area contributed by atoms with E-state index in [1.54, 1.807) is 0 Å². The van der Waals surface area contributed by atoms with E-state index in [9.17, 15) is 26.7 Å². The number of benzene rings is 1. The molecule has 24 heavy (non-hydrogen) atoms. The molecule has 1 aromatic carbocycles. The Balaban J connectivity index is 2.55. The van der Waals surface area contributed by atoms with Gasteiger partial charge in [0.1, 0.15) is 0 Å². The Hall–Kier alpha value is -3.17. The summed E-state index contributed by atoms with van der Waals surface area (Å²) in [4.78, 5) is 15.3.